The van der Waals surface area contributed by atoms with E-state index in [4.69, 9.17) is 0 Å². The molecule has 0 aliphatic carbocycles. The van der Waals surface area contributed by atoms with Gasteiger partial charge in [0, 0.05) is 24.2 Å². The van der Waals surface area contributed by atoms with Crippen molar-refractivity contribution in [1.29, 1.82) is 0 Å². The van der Waals surface area contributed by atoms with Gasteiger partial charge in [0.25, 0.3) is 0 Å². The van der Waals surface area contributed by atoms with Gasteiger partial charge in [-0.2, -0.15) is 5.10 Å². The fourth-order valence-electron chi connectivity index (χ4n) is 1.87. The van der Waals surface area contributed by atoms with Gasteiger partial charge in [0.2, 0.25) is 0 Å². The summed E-state index contributed by atoms with van der Waals surface area (Å²) in [5, 5.41) is 4.41. The fraction of sp³-hybridized carbons (Fsp3) is 0.333. The standard InChI is InChI=1S/C15H18N2O/c1-15(2,3)14(18)12-10-17(4)16-13(12)11-8-6-5-7-9-11/h5-10H,1-4H3. The molecule has 0 unspecified atom stereocenters. The summed E-state index contributed by atoms with van der Waals surface area (Å²) in [5.74, 6) is 0.120. The third-order valence-corrected chi connectivity index (χ3v) is 2.80. The first-order valence-electron chi connectivity index (χ1n) is 6.03. The Kier molecular flexibility index (Phi) is 3.07. The number of Topliss-reactive ketones (excluding diaryl/α,β-unsaturated/α-hetero) is 1. The number of carbonyl (C=O) groups excluding carboxylic acids is 1. The lowest BCUT2D eigenvalue weighted by Crippen LogP contribution is -2.20. The molecule has 1 heterocycles. The van der Waals surface area contributed by atoms with Gasteiger partial charge in [-0.05, 0) is 0 Å². The van der Waals surface area contributed by atoms with E-state index >= 15 is 0 Å². The van der Waals surface area contributed by atoms with Crippen molar-refractivity contribution in [3.05, 3.63) is 42.1 Å². The van der Waals surface area contributed by atoms with Crippen LogP contribution in [0.3, 0.4) is 0 Å². The Morgan fingerprint density at radius 2 is 1.78 bits per heavy atom. The highest BCUT2D eigenvalue weighted by atomic mass is 16.1. The van der Waals surface area contributed by atoms with Crippen LogP contribution in [-0.4, -0.2) is 15.6 Å². The van der Waals surface area contributed by atoms with E-state index in [9.17, 15) is 4.79 Å². The summed E-state index contributed by atoms with van der Waals surface area (Å²) in [6, 6.07) is 9.81. The molecule has 3 heteroatoms. The molecule has 0 fully saturated rings. The van der Waals surface area contributed by atoms with Crippen molar-refractivity contribution in [3.63, 3.8) is 0 Å². The molecular formula is C15H18N2O. The van der Waals surface area contributed by atoms with Gasteiger partial charge in [0.15, 0.2) is 5.78 Å². The number of rotatable bonds is 2. The summed E-state index contributed by atoms with van der Waals surface area (Å²) in [6.45, 7) is 5.78. The number of ketones is 1. The maximum absolute atomic E-state index is 12.4. The average Bonchev–Trinajstić information content (AvgIpc) is 2.70. The minimum Gasteiger partial charge on any atom is -0.293 e. The average molecular weight is 242 g/mol. The minimum absolute atomic E-state index is 0.120. The summed E-state index contributed by atoms with van der Waals surface area (Å²) in [4.78, 5) is 12.4. The van der Waals surface area contributed by atoms with Crippen LogP contribution in [0.2, 0.25) is 0 Å². The number of carbonyl (C=O) groups is 1. The van der Waals surface area contributed by atoms with E-state index in [0.717, 1.165) is 11.3 Å². The lowest BCUT2D eigenvalue weighted by Gasteiger charge is -2.16. The quantitative estimate of drug-likeness (QED) is 0.757. The normalized spacial score (nSPS) is 11.6. The predicted molar refractivity (Wildman–Crippen MR) is 72.4 cm³/mol. The van der Waals surface area contributed by atoms with Crippen molar-refractivity contribution in [2.45, 2.75) is 20.8 Å². The predicted octanol–water partition coefficient (Wildman–Crippen LogP) is 3.32. The number of benzene rings is 1. The van der Waals surface area contributed by atoms with Gasteiger partial charge >= 0.3 is 0 Å². The Labute approximate surface area is 107 Å². The fourth-order valence-corrected chi connectivity index (χ4v) is 1.87. The van der Waals surface area contributed by atoms with E-state index < -0.39 is 5.41 Å². The molecule has 3 nitrogen and oxygen atoms in total. The molecule has 94 valence electrons. The van der Waals surface area contributed by atoms with Crippen LogP contribution in [0.5, 0.6) is 0 Å². The van der Waals surface area contributed by atoms with Crippen LogP contribution in [0, 0.1) is 5.41 Å². The molecule has 0 spiro atoms. The number of aromatic nitrogens is 2. The molecule has 0 saturated heterocycles. The summed E-state index contributed by atoms with van der Waals surface area (Å²) in [5.41, 5.74) is 2.03. The molecule has 0 atom stereocenters. The van der Waals surface area contributed by atoms with Gasteiger partial charge in [-0.25, -0.2) is 0 Å². The maximum atomic E-state index is 12.4. The van der Waals surface area contributed by atoms with E-state index in [2.05, 4.69) is 5.10 Å². The van der Waals surface area contributed by atoms with Crippen LogP contribution in [0.25, 0.3) is 11.3 Å². The van der Waals surface area contributed by atoms with E-state index in [1.165, 1.54) is 0 Å². The van der Waals surface area contributed by atoms with Crippen LogP contribution in [-0.2, 0) is 7.05 Å². The van der Waals surface area contributed by atoms with E-state index in [0.29, 0.717) is 5.56 Å². The molecule has 0 amide bonds. The zero-order chi connectivity index (χ0) is 13.3. The Bertz CT molecular complexity index is 562. The van der Waals surface area contributed by atoms with Gasteiger partial charge in [0.1, 0.15) is 5.69 Å². The van der Waals surface area contributed by atoms with Crippen LogP contribution in [0.1, 0.15) is 31.1 Å². The number of nitrogens with zero attached hydrogens (tertiary/aromatic N) is 2. The van der Waals surface area contributed by atoms with Crippen LogP contribution < -0.4 is 0 Å². The highest BCUT2D eigenvalue weighted by Crippen LogP contribution is 2.28. The molecule has 0 N–H and O–H groups in total. The Hall–Kier alpha value is -1.90. The molecule has 1 aromatic heterocycles. The van der Waals surface area contributed by atoms with E-state index in [1.54, 1.807) is 10.9 Å². The molecule has 0 radical (unpaired) electrons. The van der Waals surface area contributed by atoms with E-state index in [-0.39, 0.29) is 5.78 Å². The highest BCUT2D eigenvalue weighted by Gasteiger charge is 2.27. The molecule has 0 aliphatic rings. The van der Waals surface area contributed by atoms with Crippen LogP contribution in [0.4, 0.5) is 0 Å². The number of aryl methyl sites for hydroxylation is 1. The summed E-state index contributed by atoms with van der Waals surface area (Å²) < 4.78 is 1.70. The van der Waals surface area contributed by atoms with Crippen molar-refractivity contribution in [2.75, 3.05) is 0 Å². The topological polar surface area (TPSA) is 34.9 Å². The molecule has 1 aromatic carbocycles. The minimum atomic E-state index is -0.396. The Morgan fingerprint density at radius 1 is 1.17 bits per heavy atom. The smallest absolute Gasteiger partial charge is 0.171 e. The molecule has 2 aromatic rings. The Balaban J connectivity index is 2.54. The summed E-state index contributed by atoms with van der Waals surface area (Å²) in [7, 11) is 1.84. The van der Waals surface area contributed by atoms with Gasteiger partial charge in [-0.15, -0.1) is 0 Å². The summed E-state index contributed by atoms with van der Waals surface area (Å²) in [6.07, 6.45) is 1.80. The lowest BCUT2D eigenvalue weighted by atomic mass is 9.86. The third kappa shape index (κ3) is 2.35. The van der Waals surface area contributed by atoms with E-state index in [1.807, 2.05) is 58.2 Å². The van der Waals surface area contributed by atoms with Crippen molar-refractivity contribution in [3.8, 4) is 11.3 Å². The van der Waals surface area contributed by atoms with Crippen molar-refractivity contribution in [2.24, 2.45) is 12.5 Å². The maximum Gasteiger partial charge on any atom is 0.171 e. The third-order valence-electron chi connectivity index (χ3n) is 2.80. The first-order chi connectivity index (χ1) is 8.39. The zero-order valence-corrected chi connectivity index (χ0v) is 11.3. The summed E-state index contributed by atoms with van der Waals surface area (Å²) >= 11 is 0. The SMILES string of the molecule is Cn1cc(C(=O)C(C)(C)C)c(-c2ccccc2)n1. The Morgan fingerprint density at radius 3 is 2.33 bits per heavy atom. The van der Waals surface area contributed by atoms with Gasteiger partial charge in [-0.3, -0.25) is 9.48 Å². The lowest BCUT2D eigenvalue weighted by molar-refractivity contribution is 0.0859. The first-order valence-corrected chi connectivity index (χ1v) is 6.03. The molecule has 18 heavy (non-hydrogen) atoms. The second-order valence-electron chi connectivity index (χ2n) is 5.51. The molecule has 0 bridgehead atoms. The number of hydrogen-bond donors (Lipinski definition) is 0. The van der Waals surface area contributed by atoms with Crippen molar-refractivity contribution in [1.82, 2.24) is 9.78 Å². The second kappa shape index (κ2) is 4.41. The first kappa shape index (κ1) is 12.6. The molecular weight excluding hydrogens is 224 g/mol. The molecule has 0 saturated carbocycles. The largest absolute Gasteiger partial charge is 0.293 e. The highest BCUT2D eigenvalue weighted by molar-refractivity contribution is 6.04. The monoisotopic (exact) mass is 242 g/mol. The van der Waals surface area contributed by atoms with Crippen molar-refractivity contribution >= 4 is 5.78 Å². The zero-order valence-electron chi connectivity index (χ0n) is 11.3. The van der Waals surface area contributed by atoms with Crippen LogP contribution >= 0.6 is 0 Å². The van der Waals surface area contributed by atoms with Gasteiger partial charge in [0.05, 0.1) is 5.56 Å². The molecule has 0 aliphatic heterocycles. The second-order valence-corrected chi connectivity index (χ2v) is 5.51. The van der Waals surface area contributed by atoms with Gasteiger partial charge in [-0.1, -0.05) is 51.1 Å². The van der Waals surface area contributed by atoms with Gasteiger partial charge < -0.3 is 0 Å². The van der Waals surface area contributed by atoms with Crippen LogP contribution in [0.15, 0.2) is 36.5 Å². The molecule has 2 rings (SSSR count). The van der Waals surface area contributed by atoms with Crippen molar-refractivity contribution < 1.29 is 4.79 Å². The number of hydrogen-bond acceptors (Lipinski definition) is 2.